The lowest BCUT2D eigenvalue weighted by Gasteiger charge is -1.97. The zero-order chi connectivity index (χ0) is 10.8. The first-order chi connectivity index (χ1) is 7.27. The molecule has 1 aromatic carbocycles. The number of para-hydroxylation sites is 1. The number of fused-ring (bicyclic) bond motifs is 1. The van der Waals surface area contributed by atoms with Gasteiger partial charge in [-0.1, -0.05) is 25.1 Å². The van der Waals surface area contributed by atoms with Crippen LogP contribution in [0.3, 0.4) is 0 Å². The van der Waals surface area contributed by atoms with Crippen LogP contribution in [-0.2, 0) is 6.42 Å². The zero-order valence-corrected chi connectivity index (χ0v) is 8.95. The number of hydrazone groups is 1. The molecule has 0 spiro atoms. The molecular weight excluding hydrogens is 188 g/mol. The molecule has 3 nitrogen and oxygen atoms in total. The molecule has 0 atom stereocenters. The molecule has 0 aliphatic rings. The highest BCUT2D eigenvalue weighted by molar-refractivity contribution is 6.02. The summed E-state index contributed by atoms with van der Waals surface area (Å²) in [5, 5.41) is 4.84. The number of nitrogens with two attached hydrogens (primary N) is 1. The third-order valence-electron chi connectivity index (χ3n) is 2.57. The molecule has 0 amide bonds. The van der Waals surface area contributed by atoms with E-state index in [0.29, 0.717) is 0 Å². The number of aryl methyl sites for hydroxylation is 1. The van der Waals surface area contributed by atoms with E-state index in [4.69, 9.17) is 10.3 Å². The van der Waals surface area contributed by atoms with Crippen molar-refractivity contribution in [1.82, 2.24) is 0 Å². The zero-order valence-electron chi connectivity index (χ0n) is 8.95. The monoisotopic (exact) mass is 202 g/mol. The van der Waals surface area contributed by atoms with Crippen molar-refractivity contribution < 1.29 is 4.42 Å². The van der Waals surface area contributed by atoms with E-state index in [1.54, 1.807) is 0 Å². The summed E-state index contributed by atoms with van der Waals surface area (Å²) in [5.74, 6) is 6.08. The van der Waals surface area contributed by atoms with Crippen LogP contribution in [0.25, 0.3) is 11.0 Å². The van der Waals surface area contributed by atoms with E-state index in [0.717, 1.165) is 28.9 Å². The molecule has 78 valence electrons. The highest BCUT2D eigenvalue weighted by Crippen LogP contribution is 2.26. The van der Waals surface area contributed by atoms with Crippen molar-refractivity contribution >= 4 is 16.7 Å². The highest BCUT2D eigenvalue weighted by Gasteiger charge is 2.13. The van der Waals surface area contributed by atoms with Gasteiger partial charge >= 0.3 is 0 Å². The van der Waals surface area contributed by atoms with E-state index in [9.17, 15) is 0 Å². The average molecular weight is 202 g/mol. The summed E-state index contributed by atoms with van der Waals surface area (Å²) >= 11 is 0. The van der Waals surface area contributed by atoms with Crippen LogP contribution in [-0.4, -0.2) is 5.71 Å². The third kappa shape index (κ3) is 1.50. The number of hydrogen-bond acceptors (Lipinski definition) is 3. The van der Waals surface area contributed by atoms with Gasteiger partial charge in [0.05, 0.1) is 5.71 Å². The summed E-state index contributed by atoms with van der Waals surface area (Å²) in [6, 6.07) is 7.99. The Hall–Kier alpha value is -1.77. The Morgan fingerprint density at radius 3 is 2.80 bits per heavy atom. The van der Waals surface area contributed by atoms with Crippen LogP contribution in [0.5, 0.6) is 0 Å². The molecule has 1 heterocycles. The second-order valence-electron chi connectivity index (χ2n) is 3.47. The maximum atomic E-state index is 5.73. The van der Waals surface area contributed by atoms with Crippen molar-refractivity contribution in [3.63, 3.8) is 0 Å². The van der Waals surface area contributed by atoms with Crippen LogP contribution in [0.4, 0.5) is 0 Å². The van der Waals surface area contributed by atoms with Crippen LogP contribution in [0.15, 0.2) is 33.8 Å². The molecule has 0 unspecified atom stereocenters. The van der Waals surface area contributed by atoms with E-state index in [-0.39, 0.29) is 0 Å². The van der Waals surface area contributed by atoms with Gasteiger partial charge in [-0.05, 0) is 19.4 Å². The molecule has 1 aromatic heterocycles. The van der Waals surface area contributed by atoms with E-state index in [1.807, 2.05) is 25.1 Å². The molecule has 0 aliphatic carbocycles. The molecule has 0 saturated heterocycles. The van der Waals surface area contributed by atoms with Crippen LogP contribution in [0.2, 0.25) is 0 Å². The number of benzene rings is 1. The lowest BCUT2D eigenvalue weighted by molar-refractivity contribution is 0.599. The standard InChI is InChI=1S/C12H14N2O/c1-3-9-10-6-4-5-7-11(10)15-12(9)8(2)14-13/h4-7H,3,13H2,1-2H3/b14-8-. The smallest absolute Gasteiger partial charge is 0.154 e. The van der Waals surface area contributed by atoms with Crippen molar-refractivity contribution in [2.45, 2.75) is 20.3 Å². The topological polar surface area (TPSA) is 51.5 Å². The Labute approximate surface area is 88.6 Å². The summed E-state index contributed by atoms with van der Waals surface area (Å²) in [6.07, 6.45) is 0.916. The minimum atomic E-state index is 0.739. The number of nitrogens with zero attached hydrogens (tertiary/aromatic N) is 1. The Morgan fingerprint density at radius 2 is 2.13 bits per heavy atom. The van der Waals surface area contributed by atoms with Gasteiger partial charge in [-0.15, -0.1) is 0 Å². The van der Waals surface area contributed by atoms with Gasteiger partial charge in [0.25, 0.3) is 0 Å². The van der Waals surface area contributed by atoms with E-state index >= 15 is 0 Å². The Balaban J connectivity index is 2.75. The van der Waals surface area contributed by atoms with Gasteiger partial charge in [-0.3, -0.25) is 0 Å². The van der Waals surface area contributed by atoms with Crippen LogP contribution in [0.1, 0.15) is 25.2 Å². The first-order valence-electron chi connectivity index (χ1n) is 5.03. The molecule has 2 N–H and O–H groups in total. The van der Waals surface area contributed by atoms with Crippen molar-refractivity contribution in [1.29, 1.82) is 0 Å². The molecule has 0 radical (unpaired) electrons. The molecule has 0 fully saturated rings. The Bertz CT molecular complexity index is 511. The summed E-state index contributed by atoms with van der Waals surface area (Å²) in [4.78, 5) is 0. The molecule has 2 rings (SSSR count). The average Bonchev–Trinajstić information content (AvgIpc) is 2.66. The molecule has 0 bridgehead atoms. The highest BCUT2D eigenvalue weighted by atomic mass is 16.3. The molecule has 2 aromatic rings. The molecule has 0 saturated carbocycles. The van der Waals surface area contributed by atoms with Crippen molar-refractivity contribution in [3.05, 3.63) is 35.6 Å². The van der Waals surface area contributed by atoms with Crippen LogP contribution < -0.4 is 5.84 Å². The van der Waals surface area contributed by atoms with Crippen molar-refractivity contribution in [2.75, 3.05) is 0 Å². The predicted molar refractivity (Wildman–Crippen MR) is 62.0 cm³/mol. The summed E-state index contributed by atoms with van der Waals surface area (Å²) < 4.78 is 5.73. The fourth-order valence-electron chi connectivity index (χ4n) is 1.80. The van der Waals surface area contributed by atoms with Crippen molar-refractivity contribution in [3.8, 4) is 0 Å². The van der Waals surface area contributed by atoms with E-state index in [2.05, 4.69) is 18.1 Å². The third-order valence-corrected chi connectivity index (χ3v) is 2.57. The van der Waals surface area contributed by atoms with Gasteiger partial charge in [0.1, 0.15) is 5.58 Å². The van der Waals surface area contributed by atoms with E-state index in [1.165, 1.54) is 5.56 Å². The molecule has 0 aliphatic heterocycles. The Kier molecular flexibility index (Phi) is 2.46. The summed E-state index contributed by atoms with van der Waals surface area (Å²) in [5.41, 5.74) is 2.81. The SMILES string of the molecule is CCc1c(/C(C)=N\N)oc2ccccc12. The van der Waals surface area contributed by atoms with Crippen LogP contribution >= 0.6 is 0 Å². The fourth-order valence-corrected chi connectivity index (χ4v) is 1.80. The van der Waals surface area contributed by atoms with Crippen molar-refractivity contribution in [2.24, 2.45) is 10.9 Å². The largest absolute Gasteiger partial charge is 0.454 e. The minimum absolute atomic E-state index is 0.739. The lowest BCUT2D eigenvalue weighted by Crippen LogP contribution is -2.00. The van der Waals surface area contributed by atoms with Gasteiger partial charge in [-0.2, -0.15) is 5.10 Å². The summed E-state index contributed by atoms with van der Waals surface area (Å²) in [7, 11) is 0. The molecular formula is C12H14N2O. The lowest BCUT2D eigenvalue weighted by atomic mass is 10.1. The van der Waals surface area contributed by atoms with Gasteiger partial charge in [0, 0.05) is 10.9 Å². The maximum absolute atomic E-state index is 5.73. The summed E-state index contributed by atoms with van der Waals surface area (Å²) in [6.45, 7) is 3.96. The van der Waals surface area contributed by atoms with Gasteiger partial charge in [-0.25, -0.2) is 0 Å². The number of furan rings is 1. The quantitative estimate of drug-likeness (QED) is 0.462. The van der Waals surface area contributed by atoms with Crippen LogP contribution in [0, 0.1) is 0 Å². The maximum Gasteiger partial charge on any atom is 0.154 e. The number of rotatable bonds is 2. The second-order valence-corrected chi connectivity index (χ2v) is 3.47. The second kappa shape index (κ2) is 3.77. The first-order valence-corrected chi connectivity index (χ1v) is 5.03. The fraction of sp³-hybridized carbons (Fsp3) is 0.250. The van der Waals surface area contributed by atoms with E-state index < -0.39 is 0 Å². The molecule has 15 heavy (non-hydrogen) atoms. The first kappa shape index (κ1) is 9.77. The Morgan fingerprint density at radius 1 is 1.40 bits per heavy atom. The van der Waals surface area contributed by atoms with Gasteiger partial charge in [0.2, 0.25) is 0 Å². The number of hydrogen-bond donors (Lipinski definition) is 1. The normalized spacial score (nSPS) is 12.3. The molecule has 3 heteroatoms. The van der Waals surface area contributed by atoms with Gasteiger partial charge in [0.15, 0.2) is 5.76 Å². The predicted octanol–water partition coefficient (Wildman–Crippen LogP) is 2.68. The van der Waals surface area contributed by atoms with Gasteiger partial charge < -0.3 is 10.3 Å². The minimum Gasteiger partial charge on any atom is -0.454 e.